The maximum Gasteiger partial charge on any atom is 0.259 e. The average molecular weight is 246 g/mol. The summed E-state index contributed by atoms with van der Waals surface area (Å²) < 4.78 is 5.18. The monoisotopic (exact) mass is 246 g/mol. The summed E-state index contributed by atoms with van der Waals surface area (Å²) in [6.07, 6.45) is 2.83. The lowest BCUT2D eigenvalue weighted by atomic mass is 9.92. The largest absolute Gasteiger partial charge is 0.380 e. The number of nitrogens with zero attached hydrogens (tertiary/aromatic N) is 3. The van der Waals surface area contributed by atoms with Gasteiger partial charge >= 0.3 is 0 Å². The van der Waals surface area contributed by atoms with E-state index in [4.69, 9.17) is 4.52 Å². The molecule has 1 fully saturated rings. The standard InChI is InChI=1S/C12H14N4O2/c17-12(4-7-13-8-5-12)11-15-10(16-18-11)9-3-1-2-6-14-9/h1-3,6,13,17H,4-5,7-8H2. The van der Waals surface area contributed by atoms with Gasteiger partial charge in [-0.15, -0.1) is 0 Å². The summed E-state index contributed by atoms with van der Waals surface area (Å²) in [5.41, 5.74) is -0.365. The normalized spacial score (nSPS) is 18.7. The second-order valence-electron chi connectivity index (χ2n) is 4.42. The molecular formula is C12H14N4O2. The van der Waals surface area contributed by atoms with Gasteiger partial charge in [0.25, 0.3) is 5.89 Å². The number of hydrogen-bond donors (Lipinski definition) is 2. The Morgan fingerprint density at radius 1 is 1.28 bits per heavy atom. The second-order valence-corrected chi connectivity index (χ2v) is 4.42. The van der Waals surface area contributed by atoms with E-state index in [2.05, 4.69) is 20.4 Å². The lowest BCUT2D eigenvalue weighted by molar-refractivity contribution is -0.0228. The number of hydrogen-bond acceptors (Lipinski definition) is 6. The molecule has 18 heavy (non-hydrogen) atoms. The van der Waals surface area contributed by atoms with Crippen LogP contribution in [0.25, 0.3) is 11.5 Å². The molecule has 94 valence electrons. The summed E-state index contributed by atoms with van der Waals surface area (Å²) in [7, 11) is 0. The van der Waals surface area contributed by atoms with Crippen LogP contribution in [-0.4, -0.2) is 33.3 Å². The minimum atomic E-state index is -1.01. The van der Waals surface area contributed by atoms with E-state index in [-0.39, 0.29) is 5.89 Å². The molecule has 1 saturated heterocycles. The Morgan fingerprint density at radius 2 is 2.11 bits per heavy atom. The highest BCUT2D eigenvalue weighted by molar-refractivity contribution is 5.47. The lowest BCUT2D eigenvalue weighted by Crippen LogP contribution is -2.39. The lowest BCUT2D eigenvalue weighted by Gasteiger charge is -2.28. The molecule has 0 amide bonds. The molecule has 0 radical (unpaired) electrons. The molecule has 6 nitrogen and oxygen atoms in total. The predicted molar refractivity (Wildman–Crippen MR) is 63.5 cm³/mol. The van der Waals surface area contributed by atoms with Crippen molar-refractivity contribution in [3.05, 3.63) is 30.3 Å². The van der Waals surface area contributed by atoms with Gasteiger partial charge in [0, 0.05) is 6.20 Å². The molecule has 2 N–H and O–H groups in total. The minimum absolute atomic E-state index is 0.282. The van der Waals surface area contributed by atoms with Crippen molar-refractivity contribution < 1.29 is 9.63 Å². The molecule has 0 atom stereocenters. The zero-order valence-electron chi connectivity index (χ0n) is 9.83. The Morgan fingerprint density at radius 3 is 2.83 bits per heavy atom. The van der Waals surface area contributed by atoms with Crippen LogP contribution in [0.15, 0.2) is 28.9 Å². The van der Waals surface area contributed by atoms with E-state index in [0.29, 0.717) is 24.4 Å². The smallest absolute Gasteiger partial charge is 0.259 e. The molecule has 3 rings (SSSR count). The first-order valence-electron chi connectivity index (χ1n) is 5.97. The number of pyridine rings is 1. The van der Waals surface area contributed by atoms with Crippen LogP contribution in [0.2, 0.25) is 0 Å². The van der Waals surface area contributed by atoms with Crippen molar-refractivity contribution in [1.29, 1.82) is 0 Å². The first kappa shape index (κ1) is 11.3. The number of aromatic nitrogens is 3. The number of rotatable bonds is 2. The average Bonchev–Trinajstić information content (AvgIpc) is 2.91. The van der Waals surface area contributed by atoms with Crippen LogP contribution < -0.4 is 5.32 Å². The SMILES string of the molecule is OC1(c2nc(-c3ccccn3)no2)CCNCC1. The fourth-order valence-electron chi connectivity index (χ4n) is 2.07. The maximum absolute atomic E-state index is 10.4. The van der Waals surface area contributed by atoms with E-state index in [0.717, 1.165) is 13.1 Å². The van der Waals surface area contributed by atoms with E-state index >= 15 is 0 Å². The molecule has 0 spiro atoms. The highest BCUT2D eigenvalue weighted by atomic mass is 16.5. The molecule has 6 heteroatoms. The van der Waals surface area contributed by atoms with Crippen LogP contribution in [0.5, 0.6) is 0 Å². The second kappa shape index (κ2) is 4.47. The summed E-state index contributed by atoms with van der Waals surface area (Å²) >= 11 is 0. The molecule has 0 aliphatic carbocycles. The van der Waals surface area contributed by atoms with Crippen molar-refractivity contribution in [1.82, 2.24) is 20.4 Å². The Balaban J connectivity index is 1.89. The van der Waals surface area contributed by atoms with E-state index in [1.165, 1.54) is 0 Å². The van der Waals surface area contributed by atoms with E-state index in [1.807, 2.05) is 12.1 Å². The van der Waals surface area contributed by atoms with Gasteiger partial charge in [0.2, 0.25) is 5.82 Å². The Bertz CT molecular complexity index is 520. The van der Waals surface area contributed by atoms with Crippen molar-refractivity contribution >= 4 is 0 Å². The zero-order valence-corrected chi connectivity index (χ0v) is 9.83. The molecular weight excluding hydrogens is 232 g/mol. The van der Waals surface area contributed by atoms with Crippen LogP contribution in [0.4, 0.5) is 0 Å². The van der Waals surface area contributed by atoms with Crippen molar-refractivity contribution in [2.45, 2.75) is 18.4 Å². The van der Waals surface area contributed by atoms with Crippen molar-refractivity contribution in [3.8, 4) is 11.5 Å². The Hall–Kier alpha value is -1.79. The van der Waals surface area contributed by atoms with Crippen molar-refractivity contribution in [3.63, 3.8) is 0 Å². The molecule has 2 aromatic heterocycles. The van der Waals surface area contributed by atoms with Gasteiger partial charge in [-0.25, -0.2) is 0 Å². The Kier molecular flexibility index (Phi) is 2.81. The van der Waals surface area contributed by atoms with Crippen LogP contribution >= 0.6 is 0 Å². The third kappa shape index (κ3) is 2.00. The summed E-state index contributed by atoms with van der Waals surface area (Å²) in [6.45, 7) is 1.50. The first-order valence-corrected chi connectivity index (χ1v) is 5.97. The van der Waals surface area contributed by atoms with Crippen LogP contribution in [0, 0.1) is 0 Å². The van der Waals surface area contributed by atoms with Gasteiger partial charge < -0.3 is 14.9 Å². The third-order valence-corrected chi connectivity index (χ3v) is 3.15. The van der Waals surface area contributed by atoms with E-state index in [9.17, 15) is 5.11 Å². The van der Waals surface area contributed by atoms with Gasteiger partial charge in [-0.1, -0.05) is 11.2 Å². The number of aliphatic hydroxyl groups is 1. The van der Waals surface area contributed by atoms with Gasteiger partial charge in [0.05, 0.1) is 0 Å². The fourth-order valence-corrected chi connectivity index (χ4v) is 2.07. The summed E-state index contributed by atoms with van der Waals surface area (Å²) in [5.74, 6) is 0.696. The van der Waals surface area contributed by atoms with Crippen LogP contribution in [0.1, 0.15) is 18.7 Å². The van der Waals surface area contributed by atoms with Gasteiger partial charge in [-0.05, 0) is 38.1 Å². The molecule has 3 heterocycles. The third-order valence-electron chi connectivity index (χ3n) is 3.15. The van der Waals surface area contributed by atoms with Gasteiger partial charge in [0.15, 0.2) is 0 Å². The van der Waals surface area contributed by atoms with Crippen molar-refractivity contribution in [2.24, 2.45) is 0 Å². The van der Waals surface area contributed by atoms with E-state index < -0.39 is 5.60 Å². The van der Waals surface area contributed by atoms with Crippen LogP contribution in [0.3, 0.4) is 0 Å². The number of piperidine rings is 1. The fraction of sp³-hybridized carbons (Fsp3) is 0.417. The van der Waals surface area contributed by atoms with Gasteiger partial charge in [0.1, 0.15) is 11.3 Å². The van der Waals surface area contributed by atoms with Crippen molar-refractivity contribution in [2.75, 3.05) is 13.1 Å². The minimum Gasteiger partial charge on any atom is -0.380 e. The summed E-state index contributed by atoms with van der Waals surface area (Å²) in [4.78, 5) is 8.41. The molecule has 0 aromatic carbocycles. The molecule has 2 aromatic rings. The summed E-state index contributed by atoms with van der Waals surface area (Å²) in [5, 5.41) is 17.5. The number of nitrogens with one attached hydrogen (secondary N) is 1. The molecule has 0 bridgehead atoms. The van der Waals surface area contributed by atoms with E-state index in [1.54, 1.807) is 12.3 Å². The van der Waals surface area contributed by atoms with Crippen LogP contribution in [-0.2, 0) is 5.60 Å². The molecule has 1 aliphatic heterocycles. The predicted octanol–water partition coefficient (Wildman–Crippen LogP) is 0.703. The van der Waals surface area contributed by atoms with Gasteiger partial charge in [-0.2, -0.15) is 4.98 Å². The zero-order chi connectivity index (χ0) is 12.4. The first-order chi connectivity index (χ1) is 8.78. The Labute approximate surface area is 104 Å². The molecule has 1 aliphatic rings. The topological polar surface area (TPSA) is 84.1 Å². The summed E-state index contributed by atoms with van der Waals surface area (Å²) in [6, 6.07) is 5.49. The maximum atomic E-state index is 10.4. The molecule has 0 saturated carbocycles. The quantitative estimate of drug-likeness (QED) is 0.811. The highest BCUT2D eigenvalue weighted by Gasteiger charge is 2.37. The van der Waals surface area contributed by atoms with Gasteiger partial charge in [-0.3, -0.25) is 4.98 Å². The highest BCUT2D eigenvalue weighted by Crippen LogP contribution is 2.30. The molecule has 0 unspecified atom stereocenters.